The molecule has 0 unspecified atom stereocenters. The summed E-state index contributed by atoms with van der Waals surface area (Å²) >= 11 is 16.8. The Balaban J connectivity index is 2.03. The van der Waals surface area contributed by atoms with Crippen LogP contribution in [0.15, 0.2) is 42.5 Å². The van der Waals surface area contributed by atoms with Crippen molar-refractivity contribution >= 4 is 46.2 Å². The largest absolute Gasteiger partial charge is 0.418 e. The molecule has 0 saturated carbocycles. The Morgan fingerprint density at radius 2 is 1.78 bits per heavy atom. The predicted octanol–water partition coefficient (Wildman–Crippen LogP) is 5.50. The van der Waals surface area contributed by atoms with Gasteiger partial charge in [0.1, 0.15) is 0 Å². The molecule has 0 aromatic heterocycles. The number of thiocarbonyl (C=S) groups is 1. The molecule has 0 saturated heterocycles. The van der Waals surface area contributed by atoms with E-state index in [0.717, 1.165) is 11.6 Å². The first-order chi connectivity index (χ1) is 10.8. The summed E-state index contributed by atoms with van der Waals surface area (Å²) in [7, 11) is 0. The molecule has 0 heterocycles. The molecule has 2 aromatic carbocycles. The summed E-state index contributed by atoms with van der Waals surface area (Å²) in [6, 6.07) is 10.1. The first-order valence-corrected chi connectivity index (χ1v) is 7.59. The highest BCUT2D eigenvalue weighted by atomic mass is 35.5. The highest BCUT2D eigenvalue weighted by Crippen LogP contribution is 2.34. The number of rotatable bonds is 3. The molecular formula is C15H11Cl2F3N2S. The van der Waals surface area contributed by atoms with Crippen LogP contribution >= 0.6 is 35.4 Å². The van der Waals surface area contributed by atoms with E-state index < -0.39 is 11.7 Å². The molecule has 2 rings (SSSR count). The Labute approximate surface area is 146 Å². The predicted molar refractivity (Wildman–Crippen MR) is 91.0 cm³/mol. The molecule has 0 atom stereocenters. The number of halogens is 5. The number of hydrogen-bond donors (Lipinski definition) is 2. The zero-order chi connectivity index (χ0) is 17.0. The van der Waals surface area contributed by atoms with Gasteiger partial charge in [-0.25, -0.2) is 0 Å². The minimum Gasteiger partial charge on any atom is -0.358 e. The Morgan fingerprint density at radius 1 is 1.09 bits per heavy atom. The zero-order valence-electron chi connectivity index (χ0n) is 11.5. The second-order valence-corrected chi connectivity index (χ2v) is 5.84. The minimum absolute atomic E-state index is 0.0627. The molecule has 2 aromatic rings. The maximum Gasteiger partial charge on any atom is 0.418 e. The van der Waals surface area contributed by atoms with Crippen molar-refractivity contribution in [1.82, 2.24) is 5.32 Å². The molecule has 0 fully saturated rings. The van der Waals surface area contributed by atoms with Crippen LogP contribution in [0, 0.1) is 0 Å². The van der Waals surface area contributed by atoms with Crippen LogP contribution < -0.4 is 10.6 Å². The monoisotopic (exact) mass is 378 g/mol. The van der Waals surface area contributed by atoms with Crippen LogP contribution in [-0.4, -0.2) is 5.11 Å². The average Bonchev–Trinajstić information content (AvgIpc) is 2.46. The lowest BCUT2D eigenvalue weighted by Crippen LogP contribution is -2.29. The van der Waals surface area contributed by atoms with Gasteiger partial charge < -0.3 is 10.6 Å². The van der Waals surface area contributed by atoms with E-state index in [0.29, 0.717) is 10.0 Å². The van der Waals surface area contributed by atoms with E-state index in [1.807, 2.05) is 0 Å². The summed E-state index contributed by atoms with van der Waals surface area (Å²) in [6.07, 6.45) is -4.46. The fourth-order valence-corrected chi connectivity index (χ4v) is 2.50. The van der Waals surface area contributed by atoms with Gasteiger partial charge in [-0.05, 0) is 42.0 Å². The van der Waals surface area contributed by atoms with Gasteiger partial charge >= 0.3 is 6.18 Å². The Kier molecular flexibility index (Phi) is 5.73. The van der Waals surface area contributed by atoms with Gasteiger partial charge in [0.05, 0.1) is 11.3 Å². The van der Waals surface area contributed by atoms with Crippen molar-refractivity contribution in [2.75, 3.05) is 5.32 Å². The third-order valence-electron chi connectivity index (χ3n) is 2.94. The molecule has 2 N–H and O–H groups in total. The summed E-state index contributed by atoms with van der Waals surface area (Å²) in [6.45, 7) is 0.260. The smallest absolute Gasteiger partial charge is 0.358 e. The summed E-state index contributed by atoms with van der Waals surface area (Å²) in [5, 5.41) is 6.37. The molecule has 8 heteroatoms. The van der Waals surface area contributed by atoms with Crippen LogP contribution in [0.4, 0.5) is 18.9 Å². The van der Waals surface area contributed by atoms with Gasteiger partial charge in [0.15, 0.2) is 5.11 Å². The highest BCUT2D eigenvalue weighted by molar-refractivity contribution is 7.80. The molecule has 0 spiro atoms. The Morgan fingerprint density at radius 3 is 2.43 bits per heavy atom. The lowest BCUT2D eigenvalue weighted by molar-refractivity contribution is -0.136. The van der Waals surface area contributed by atoms with Crippen LogP contribution in [0.1, 0.15) is 11.1 Å². The van der Waals surface area contributed by atoms with E-state index >= 15 is 0 Å². The summed E-state index contributed by atoms with van der Waals surface area (Å²) in [5.41, 5.74) is -0.169. The number of benzene rings is 2. The molecule has 122 valence electrons. The first kappa shape index (κ1) is 17.8. The molecule has 0 aliphatic rings. The molecule has 0 bridgehead atoms. The van der Waals surface area contributed by atoms with Crippen molar-refractivity contribution in [1.29, 1.82) is 0 Å². The summed E-state index contributed by atoms with van der Waals surface area (Å²) < 4.78 is 38.7. The van der Waals surface area contributed by atoms with Crippen molar-refractivity contribution < 1.29 is 13.2 Å². The van der Waals surface area contributed by atoms with Crippen LogP contribution in [0.25, 0.3) is 0 Å². The number of nitrogens with one attached hydrogen (secondary N) is 2. The Bertz CT molecular complexity index is 720. The fraction of sp³-hybridized carbons (Fsp3) is 0.133. The quantitative estimate of drug-likeness (QED) is 0.689. The van der Waals surface area contributed by atoms with E-state index in [1.54, 1.807) is 18.2 Å². The maximum atomic E-state index is 12.9. The molecule has 2 nitrogen and oxygen atoms in total. The van der Waals surface area contributed by atoms with Crippen LogP contribution in [0.2, 0.25) is 10.0 Å². The standard InChI is InChI=1S/C15H11Cl2F3N2S/c16-10-6-5-9(12(17)7-10)8-21-14(23)22-13-4-2-1-3-11(13)15(18,19)20/h1-7H,8H2,(H2,21,22,23). The SMILES string of the molecule is FC(F)(F)c1ccccc1NC(=S)NCc1ccc(Cl)cc1Cl. The highest BCUT2D eigenvalue weighted by Gasteiger charge is 2.33. The topological polar surface area (TPSA) is 24.1 Å². The molecule has 0 radical (unpaired) electrons. The van der Waals surface area contributed by atoms with E-state index in [2.05, 4.69) is 10.6 Å². The minimum atomic E-state index is -4.46. The molecule has 0 aliphatic carbocycles. The molecular weight excluding hydrogens is 368 g/mol. The lowest BCUT2D eigenvalue weighted by atomic mass is 10.1. The van der Waals surface area contributed by atoms with Gasteiger partial charge in [-0.3, -0.25) is 0 Å². The number of hydrogen-bond acceptors (Lipinski definition) is 1. The van der Waals surface area contributed by atoms with Gasteiger partial charge in [0, 0.05) is 16.6 Å². The summed E-state index contributed by atoms with van der Waals surface area (Å²) in [4.78, 5) is 0. The van der Waals surface area contributed by atoms with E-state index in [1.165, 1.54) is 18.2 Å². The van der Waals surface area contributed by atoms with Crippen molar-refractivity contribution in [3.63, 3.8) is 0 Å². The van der Waals surface area contributed by atoms with E-state index in [4.69, 9.17) is 35.4 Å². The first-order valence-electron chi connectivity index (χ1n) is 6.42. The van der Waals surface area contributed by atoms with Crippen LogP contribution in [0.5, 0.6) is 0 Å². The van der Waals surface area contributed by atoms with Gasteiger partial charge in [-0.2, -0.15) is 13.2 Å². The lowest BCUT2D eigenvalue weighted by Gasteiger charge is -2.16. The number of para-hydroxylation sites is 1. The van der Waals surface area contributed by atoms with Crippen molar-refractivity contribution in [3.8, 4) is 0 Å². The van der Waals surface area contributed by atoms with Crippen LogP contribution in [0.3, 0.4) is 0 Å². The van der Waals surface area contributed by atoms with Crippen molar-refractivity contribution in [3.05, 3.63) is 63.6 Å². The third kappa shape index (κ3) is 4.99. The van der Waals surface area contributed by atoms with E-state index in [-0.39, 0.29) is 17.3 Å². The second kappa shape index (κ2) is 7.38. The van der Waals surface area contributed by atoms with Gasteiger partial charge in [0.2, 0.25) is 0 Å². The van der Waals surface area contributed by atoms with Gasteiger partial charge in [-0.15, -0.1) is 0 Å². The normalized spacial score (nSPS) is 11.2. The fourth-order valence-electron chi connectivity index (χ4n) is 1.85. The third-order valence-corrected chi connectivity index (χ3v) is 3.77. The van der Waals surface area contributed by atoms with Gasteiger partial charge in [-0.1, -0.05) is 41.4 Å². The molecule has 0 amide bonds. The summed E-state index contributed by atoms with van der Waals surface area (Å²) in [5.74, 6) is 0. The van der Waals surface area contributed by atoms with Crippen LogP contribution in [-0.2, 0) is 12.7 Å². The van der Waals surface area contributed by atoms with Crippen molar-refractivity contribution in [2.45, 2.75) is 12.7 Å². The Hall–Kier alpha value is -1.50. The maximum absolute atomic E-state index is 12.9. The van der Waals surface area contributed by atoms with Gasteiger partial charge in [0.25, 0.3) is 0 Å². The second-order valence-electron chi connectivity index (χ2n) is 4.59. The zero-order valence-corrected chi connectivity index (χ0v) is 13.9. The molecule has 23 heavy (non-hydrogen) atoms. The average molecular weight is 379 g/mol. The van der Waals surface area contributed by atoms with E-state index in [9.17, 15) is 13.2 Å². The molecule has 0 aliphatic heterocycles. The number of alkyl halides is 3. The number of anilines is 1. The van der Waals surface area contributed by atoms with Crippen molar-refractivity contribution in [2.24, 2.45) is 0 Å².